The molecule has 7 nitrogen and oxygen atoms in total. The number of carbonyl (C=O) groups is 4. The van der Waals surface area contributed by atoms with Crippen molar-refractivity contribution < 1.29 is 33.8 Å². The molecule has 0 amide bonds. The number of esters is 3. The van der Waals surface area contributed by atoms with E-state index in [1.54, 1.807) is 0 Å². The van der Waals surface area contributed by atoms with Crippen LogP contribution >= 0.6 is 0 Å². The zero-order valence-corrected chi connectivity index (χ0v) is 10.2. The van der Waals surface area contributed by atoms with Gasteiger partial charge < -0.3 is 14.6 Å². The number of rotatable bonds is 5. The fourth-order valence-corrected chi connectivity index (χ4v) is 1.22. The second kappa shape index (κ2) is 6.83. The zero-order valence-electron chi connectivity index (χ0n) is 10.2. The van der Waals surface area contributed by atoms with Gasteiger partial charge in [-0.2, -0.15) is 0 Å². The Balaban J connectivity index is 2.72. The average Bonchev–Trinajstić information content (AvgIpc) is 2.44. The Labute approximate surface area is 113 Å². The maximum atomic E-state index is 11.6. The van der Waals surface area contributed by atoms with E-state index in [9.17, 15) is 19.2 Å². The molecule has 0 aromatic heterocycles. The molecule has 1 aromatic rings. The van der Waals surface area contributed by atoms with Crippen LogP contribution in [0.1, 0.15) is 20.7 Å². The minimum Gasteiger partial charge on any atom is -0.478 e. The molecule has 0 bridgehead atoms. The molecule has 0 heterocycles. The summed E-state index contributed by atoms with van der Waals surface area (Å²) in [6, 6.07) is 5.25. The normalized spacial score (nSPS) is 9.40. The number of carbonyl (C=O) groups excluding carboxylic acids is 3. The van der Waals surface area contributed by atoms with Crippen LogP contribution in [0.15, 0.2) is 36.9 Å². The maximum absolute atomic E-state index is 11.6. The van der Waals surface area contributed by atoms with Crippen molar-refractivity contribution in [1.29, 1.82) is 0 Å². The van der Waals surface area contributed by atoms with E-state index >= 15 is 0 Å². The van der Waals surface area contributed by atoms with Gasteiger partial charge in [0.05, 0.1) is 11.1 Å². The average molecular weight is 278 g/mol. The minimum atomic E-state index is -1.33. The molecule has 0 saturated carbocycles. The van der Waals surface area contributed by atoms with Crippen LogP contribution in [-0.4, -0.2) is 35.6 Å². The van der Waals surface area contributed by atoms with Gasteiger partial charge in [-0.05, 0) is 12.1 Å². The molecule has 0 aliphatic heterocycles. The Morgan fingerprint density at radius 3 is 2.30 bits per heavy atom. The van der Waals surface area contributed by atoms with Gasteiger partial charge in [0.1, 0.15) is 0 Å². The molecular formula is C13H10O7. The van der Waals surface area contributed by atoms with E-state index in [0.717, 1.165) is 6.08 Å². The van der Waals surface area contributed by atoms with Gasteiger partial charge in [0.15, 0.2) is 6.61 Å². The summed E-state index contributed by atoms with van der Waals surface area (Å²) in [5.41, 5.74) is -0.572. The van der Waals surface area contributed by atoms with Crippen LogP contribution in [0.25, 0.3) is 0 Å². The Morgan fingerprint density at radius 1 is 1.15 bits per heavy atom. The lowest BCUT2D eigenvalue weighted by atomic mass is 10.1. The summed E-state index contributed by atoms with van der Waals surface area (Å²) in [6.45, 7) is 2.35. The molecule has 20 heavy (non-hydrogen) atoms. The first kappa shape index (κ1) is 15.1. The third-order valence-corrected chi connectivity index (χ3v) is 2.08. The van der Waals surface area contributed by atoms with Crippen LogP contribution in [0.3, 0.4) is 0 Å². The highest BCUT2D eigenvalue weighted by Crippen LogP contribution is 2.10. The molecule has 0 unspecified atom stereocenters. The molecule has 0 spiro atoms. The van der Waals surface area contributed by atoms with Gasteiger partial charge in [-0.25, -0.2) is 19.2 Å². The molecule has 0 atom stereocenters. The van der Waals surface area contributed by atoms with E-state index in [1.165, 1.54) is 24.3 Å². The summed E-state index contributed by atoms with van der Waals surface area (Å²) in [5.74, 6) is -4.43. The van der Waals surface area contributed by atoms with E-state index < -0.39 is 30.5 Å². The number of carboxylic acid groups (broad SMARTS) is 1. The second-order valence-electron chi connectivity index (χ2n) is 3.42. The summed E-state index contributed by atoms with van der Waals surface area (Å²) in [4.78, 5) is 44.5. The van der Waals surface area contributed by atoms with Crippen molar-refractivity contribution in [3.05, 3.63) is 48.0 Å². The van der Waals surface area contributed by atoms with Crippen LogP contribution in [0.5, 0.6) is 0 Å². The largest absolute Gasteiger partial charge is 0.478 e. The molecule has 0 saturated heterocycles. The van der Waals surface area contributed by atoms with Crippen molar-refractivity contribution in [3.8, 4) is 0 Å². The smallest absolute Gasteiger partial charge is 0.352 e. The minimum absolute atomic E-state index is 0.275. The van der Waals surface area contributed by atoms with Crippen molar-refractivity contribution in [3.63, 3.8) is 0 Å². The molecule has 0 aliphatic carbocycles. The van der Waals surface area contributed by atoms with Crippen molar-refractivity contribution in [2.24, 2.45) is 0 Å². The summed E-state index contributed by atoms with van der Waals surface area (Å²) < 4.78 is 8.74. The number of aromatic carboxylic acids is 1. The van der Waals surface area contributed by atoms with Crippen molar-refractivity contribution in [1.82, 2.24) is 0 Å². The van der Waals surface area contributed by atoms with Crippen LogP contribution in [0.2, 0.25) is 0 Å². The first-order valence-corrected chi connectivity index (χ1v) is 5.32. The van der Waals surface area contributed by atoms with Gasteiger partial charge in [-0.15, -0.1) is 0 Å². The predicted molar refractivity (Wildman–Crippen MR) is 65.0 cm³/mol. The molecule has 0 aliphatic rings. The quantitative estimate of drug-likeness (QED) is 0.482. The van der Waals surface area contributed by atoms with E-state index in [0.29, 0.717) is 0 Å². The number of ether oxygens (including phenoxy) is 2. The van der Waals surface area contributed by atoms with Gasteiger partial charge in [0.2, 0.25) is 0 Å². The zero-order chi connectivity index (χ0) is 15.1. The lowest BCUT2D eigenvalue weighted by Crippen LogP contribution is -2.20. The molecule has 1 aromatic carbocycles. The lowest BCUT2D eigenvalue weighted by Gasteiger charge is -2.05. The molecule has 0 fully saturated rings. The van der Waals surface area contributed by atoms with E-state index in [-0.39, 0.29) is 11.1 Å². The fraction of sp³-hybridized carbons (Fsp3) is 0.0769. The van der Waals surface area contributed by atoms with Gasteiger partial charge in [0, 0.05) is 6.08 Å². The van der Waals surface area contributed by atoms with Crippen LogP contribution in [-0.2, 0) is 19.1 Å². The summed E-state index contributed by atoms with van der Waals surface area (Å²) in [7, 11) is 0. The van der Waals surface area contributed by atoms with Crippen molar-refractivity contribution in [2.45, 2.75) is 0 Å². The van der Waals surface area contributed by atoms with Crippen LogP contribution in [0.4, 0.5) is 0 Å². The number of hydrogen-bond acceptors (Lipinski definition) is 6. The second-order valence-corrected chi connectivity index (χ2v) is 3.42. The molecular weight excluding hydrogens is 268 g/mol. The maximum Gasteiger partial charge on any atom is 0.352 e. The third kappa shape index (κ3) is 4.05. The molecule has 1 rings (SSSR count). The Bertz CT molecular complexity index is 574. The predicted octanol–water partition coefficient (Wildman–Crippen LogP) is 0.797. The highest BCUT2D eigenvalue weighted by molar-refractivity contribution is 6.05. The summed E-state index contributed by atoms with van der Waals surface area (Å²) in [6.07, 6.45) is 0.842. The standard InChI is InChI=1S/C13H10O7/c1-2-10(14)19-7-11(15)20-13(18)9-6-4-3-5-8(9)12(16)17/h2-6H,1,7H2,(H,16,17). The van der Waals surface area contributed by atoms with E-state index in [4.69, 9.17) is 5.11 Å². The van der Waals surface area contributed by atoms with Gasteiger partial charge in [-0.1, -0.05) is 18.7 Å². The summed E-state index contributed by atoms with van der Waals surface area (Å²) >= 11 is 0. The number of carboxylic acids is 1. The van der Waals surface area contributed by atoms with Crippen LogP contribution in [0, 0.1) is 0 Å². The van der Waals surface area contributed by atoms with Gasteiger partial charge >= 0.3 is 23.9 Å². The molecule has 1 N–H and O–H groups in total. The van der Waals surface area contributed by atoms with E-state index in [1.807, 2.05) is 0 Å². The highest BCUT2D eigenvalue weighted by atomic mass is 16.6. The fourth-order valence-electron chi connectivity index (χ4n) is 1.22. The Hall–Kier alpha value is -2.96. The monoisotopic (exact) mass is 278 g/mol. The van der Waals surface area contributed by atoms with Gasteiger partial charge in [0.25, 0.3) is 0 Å². The first-order valence-electron chi connectivity index (χ1n) is 5.32. The van der Waals surface area contributed by atoms with Crippen LogP contribution < -0.4 is 0 Å². The Morgan fingerprint density at radius 2 is 1.75 bits per heavy atom. The van der Waals surface area contributed by atoms with Crippen molar-refractivity contribution >= 4 is 23.9 Å². The SMILES string of the molecule is C=CC(=O)OCC(=O)OC(=O)c1ccccc1C(=O)O. The Kier molecular flexibility index (Phi) is 5.16. The highest BCUT2D eigenvalue weighted by Gasteiger charge is 2.20. The summed E-state index contributed by atoms with van der Waals surface area (Å²) in [5, 5.41) is 8.88. The number of benzene rings is 1. The number of hydrogen-bond donors (Lipinski definition) is 1. The van der Waals surface area contributed by atoms with Gasteiger partial charge in [-0.3, -0.25) is 0 Å². The molecule has 104 valence electrons. The molecule has 7 heteroatoms. The van der Waals surface area contributed by atoms with E-state index in [2.05, 4.69) is 16.1 Å². The lowest BCUT2D eigenvalue weighted by molar-refractivity contribution is -0.152. The molecule has 0 radical (unpaired) electrons. The van der Waals surface area contributed by atoms with Crippen molar-refractivity contribution in [2.75, 3.05) is 6.61 Å². The third-order valence-electron chi connectivity index (χ3n) is 2.08. The topological polar surface area (TPSA) is 107 Å². The first-order chi connectivity index (χ1) is 9.45.